The molecule has 1 aromatic heterocycles. The van der Waals surface area contributed by atoms with Crippen molar-refractivity contribution in [1.82, 2.24) is 15.4 Å². The molecule has 3 rings (SSSR count). The first-order chi connectivity index (χ1) is 13.6. The highest BCUT2D eigenvalue weighted by molar-refractivity contribution is 5.75. The van der Waals surface area contributed by atoms with Crippen LogP contribution in [0.25, 0.3) is 0 Å². The minimum absolute atomic E-state index is 0.00825. The summed E-state index contributed by atoms with van der Waals surface area (Å²) in [5.41, 5.74) is 0.867. The zero-order chi connectivity index (χ0) is 19.9. The van der Waals surface area contributed by atoms with Crippen LogP contribution in [-0.2, 0) is 16.0 Å². The maximum Gasteiger partial charge on any atom is 0.317 e. The molecular formula is C21H33N3O4. The van der Waals surface area contributed by atoms with Crippen molar-refractivity contribution in [2.24, 2.45) is 11.8 Å². The highest BCUT2D eigenvalue weighted by Crippen LogP contribution is 2.32. The third-order valence-corrected chi connectivity index (χ3v) is 5.94. The molecule has 7 heteroatoms. The van der Waals surface area contributed by atoms with Crippen molar-refractivity contribution < 1.29 is 18.8 Å². The second-order valence-electron chi connectivity index (χ2n) is 7.98. The van der Waals surface area contributed by atoms with Crippen molar-refractivity contribution in [2.45, 2.75) is 71.3 Å². The molecule has 0 radical (unpaired) electrons. The van der Waals surface area contributed by atoms with Crippen LogP contribution in [-0.4, -0.2) is 41.8 Å². The lowest BCUT2D eigenvalue weighted by atomic mass is 9.82. The Labute approximate surface area is 167 Å². The number of esters is 1. The summed E-state index contributed by atoms with van der Waals surface area (Å²) in [6.45, 7) is 5.81. The first kappa shape index (κ1) is 20.7. The molecule has 2 aliphatic rings. The van der Waals surface area contributed by atoms with Gasteiger partial charge in [-0.3, -0.25) is 4.79 Å². The number of amides is 2. The highest BCUT2D eigenvalue weighted by atomic mass is 16.5. The Bertz CT molecular complexity index is 652. The fourth-order valence-electron chi connectivity index (χ4n) is 4.36. The normalized spacial score (nSPS) is 24.9. The first-order valence-electron chi connectivity index (χ1n) is 10.8. The molecule has 1 aliphatic carbocycles. The first-order valence-corrected chi connectivity index (χ1v) is 10.8. The maximum absolute atomic E-state index is 12.7. The number of aromatic nitrogens is 1. The zero-order valence-corrected chi connectivity index (χ0v) is 17.1. The third-order valence-electron chi connectivity index (χ3n) is 5.94. The number of rotatable bonds is 7. The van der Waals surface area contributed by atoms with Crippen LogP contribution in [0.2, 0.25) is 0 Å². The molecule has 1 atom stereocenters. The topological polar surface area (TPSA) is 84.7 Å². The van der Waals surface area contributed by atoms with Gasteiger partial charge in [-0.25, -0.2) is 4.79 Å². The van der Waals surface area contributed by atoms with Gasteiger partial charge in [0.2, 0.25) is 0 Å². The average molecular weight is 392 g/mol. The van der Waals surface area contributed by atoms with Crippen molar-refractivity contribution in [3.63, 3.8) is 0 Å². The van der Waals surface area contributed by atoms with E-state index in [2.05, 4.69) is 17.4 Å². The molecule has 1 aliphatic heterocycles. The summed E-state index contributed by atoms with van der Waals surface area (Å²) in [5, 5.41) is 7.31. The molecule has 1 aromatic rings. The Kier molecular flexibility index (Phi) is 7.34. The molecule has 2 heterocycles. The molecule has 1 saturated carbocycles. The van der Waals surface area contributed by atoms with E-state index in [4.69, 9.17) is 9.26 Å². The van der Waals surface area contributed by atoms with Gasteiger partial charge in [-0.15, -0.1) is 0 Å². The number of hydrogen-bond acceptors (Lipinski definition) is 5. The van der Waals surface area contributed by atoms with Gasteiger partial charge in [0.25, 0.3) is 0 Å². The summed E-state index contributed by atoms with van der Waals surface area (Å²) in [4.78, 5) is 26.5. The number of nitrogens with one attached hydrogen (secondary N) is 1. The molecule has 7 nitrogen and oxygen atoms in total. The average Bonchev–Trinajstić information content (AvgIpc) is 3.36. The van der Waals surface area contributed by atoms with Crippen LogP contribution in [0.1, 0.15) is 76.3 Å². The number of likely N-dealkylation sites (tertiary alicyclic amines) is 1. The standard InChI is InChI=1S/C21H33N3O4/c1-3-6-17-13-18(23-28-17)19-7-5-12-24(19)21(26)22-14-15-8-10-16(11-9-15)20(25)27-4-2/h13,15-16,19H,3-12,14H2,1-2H3,(H,22,26)/t15?,16?,19-/m1/s1. The summed E-state index contributed by atoms with van der Waals surface area (Å²) in [6.07, 6.45) is 7.42. The van der Waals surface area contributed by atoms with Gasteiger partial charge in [0, 0.05) is 25.6 Å². The van der Waals surface area contributed by atoms with Gasteiger partial charge in [-0.1, -0.05) is 12.1 Å². The van der Waals surface area contributed by atoms with Gasteiger partial charge in [0.15, 0.2) is 0 Å². The summed E-state index contributed by atoms with van der Waals surface area (Å²) >= 11 is 0. The van der Waals surface area contributed by atoms with E-state index in [0.717, 1.165) is 69.4 Å². The quantitative estimate of drug-likeness (QED) is 0.714. The summed E-state index contributed by atoms with van der Waals surface area (Å²) < 4.78 is 10.5. The predicted octanol–water partition coefficient (Wildman–Crippen LogP) is 3.84. The lowest BCUT2D eigenvalue weighted by Crippen LogP contribution is -2.42. The van der Waals surface area contributed by atoms with Crippen molar-refractivity contribution in [3.05, 3.63) is 17.5 Å². The molecule has 2 fully saturated rings. The second kappa shape index (κ2) is 9.94. The Morgan fingerprint density at radius 3 is 2.75 bits per heavy atom. The number of carbonyl (C=O) groups is 2. The van der Waals surface area contributed by atoms with Crippen LogP contribution in [0.5, 0.6) is 0 Å². The molecular weight excluding hydrogens is 358 g/mol. The fourth-order valence-corrected chi connectivity index (χ4v) is 4.36. The Hall–Kier alpha value is -2.05. The van der Waals surface area contributed by atoms with Crippen LogP contribution in [0.15, 0.2) is 10.6 Å². The lowest BCUT2D eigenvalue weighted by Gasteiger charge is -2.29. The smallest absolute Gasteiger partial charge is 0.317 e. The Balaban J connectivity index is 1.46. The van der Waals surface area contributed by atoms with E-state index in [1.54, 1.807) is 0 Å². The van der Waals surface area contributed by atoms with Gasteiger partial charge in [0.1, 0.15) is 11.5 Å². The molecule has 0 unspecified atom stereocenters. The van der Waals surface area contributed by atoms with Gasteiger partial charge in [-0.2, -0.15) is 0 Å². The molecule has 156 valence electrons. The molecule has 0 aromatic carbocycles. The summed E-state index contributed by atoms with van der Waals surface area (Å²) in [7, 11) is 0. The van der Waals surface area contributed by atoms with Crippen molar-refractivity contribution >= 4 is 12.0 Å². The molecule has 0 spiro atoms. The number of carbonyl (C=O) groups excluding carboxylic acids is 2. The third kappa shape index (κ3) is 5.06. The maximum atomic E-state index is 12.7. The van der Waals surface area contributed by atoms with E-state index in [-0.39, 0.29) is 24.0 Å². The van der Waals surface area contributed by atoms with Crippen molar-refractivity contribution in [1.29, 1.82) is 0 Å². The number of ether oxygens (including phenoxy) is 1. The minimum atomic E-state index is -0.0695. The van der Waals surface area contributed by atoms with E-state index >= 15 is 0 Å². The van der Waals surface area contributed by atoms with Crippen LogP contribution >= 0.6 is 0 Å². The Morgan fingerprint density at radius 2 is 2.04 bits per heavy atom. The summed E-state index contributed by atoms with van der Waals surface area (Å²) in [6, 6.07) is 1.99. The van der Waals surface area contributed by atoms with E-state index in [9.17, 15) is 9.59 Å². The van der Waals surface area contributed by atoms with E-state index in [0.29, 0.717) is 19.1 Å². The Morgan fingerprint density at radius 1 is 1.25 bits per heavy atom. The number of aryl methyl sites for hydroxylation is 1. The predicted molar refractivity (Wildman–Crippen MR) is 105 cm³/mol. The monoisotopic (exact) mass is 391 g/mol. The van der Waals surface area contributed by atoms with E-state index in [1.165, 1.54) is 0 Å². The highest BCUT2D eigenvalue weighted by Gasteiger charge is 2.33. The van der Waals surface area contributed by atoms with Crippen LogP contribution in [0, 0.1) is 11.8 Å². The largest absolute Gasteiger partial charge is 0.466 e. The molecule has 0 bridgehead atoms. The number of hydrogen-bond donors (Lipinski definition) is 1. The second-order valence-corrected chi connectivity index (χ2v) is 7.98. The zero-order valence-electron chi connectivity index (χ0n) is 17.1. The van der Waals surface area contributed by atoms with Gasteiger partial charge >= 0.3 is 12.0 Å². The lowest BCUT2D eigenvalue weighted by molar-refractivity contribution is -0.149. The van der Waals surface area contributed by atoms with Crippen LogP contribution < -0.4 is 5.32 Å². The van der Waals surface area contributed by atoms with Gasteiger partial charge in [-0.05, 0) is 57.8 Å². The van der Waals surface area contributed by atoms with Crippen LogP contribution in [0.4, 0.5) is 4.79 Å². The van der Waals surface area contributed by atoms with E-state index in [1.807, 2.05) is 17.9 Å². The minimum Gasteiger partial charge on any atom is -0.466 e. The van der Waals surface area contributed by atoms with Crippen LogP contribution in [0.3, 0.4) is 0 Å². The molecule has 1 saturated heterocycles. The molecule has 1 N–H and O–H groups in total. The van der Waals surface area contributed by atoms with E-state index < -0.39 is 0 Å². The number of nitrogens with zero attached hydrogens (tertiary/aromatic N) is 2. The van der Waals surface area contributed by atoms with Gasteiger partial charge < -0.3 is 19.5 Å². The SMILES string of the molecule is CCCc1cc([C@H]2CCCN2C(=O)NCC2CCC(C(=O)OCC)CC2)no1. The van der Waals surface area contributed by atoms with Crippen molar-refractivity contribution in [3.8, 4) is 0 Å². The molecule has 2 amide bonds. The summed E-state index contributed by atoms with van der Waals surface area (Å²) in [5.74, 6) is 1.28. The molecule has 28 heavy (non-hydrogen) atoms. The number of urea groups is 1. The fraction of sp³-hybridized carbons (Fsp3) is 0.762. The van der Waals surface area contributed by atoms with Crippen molar-refractivity contribution in [2.75, 3.05) is 19.7 Å². The van der Waals surface area contributed by atoms with Gasteiger partial charge in [0.05, 0.1) is 18.6 Å².